The van der Waals surface area contributed by atoms with E-state index in [1.165, 1.54) is 0 Å². The third-order valence-corrected chi connectivity index (χ3v) is 3.62. The van der Waals surface area contributed by atoms with E-state index in [4.69, 9.17) is 9.47 Å². The number of rotatable bonds is 9. The molecule has 0 radical (unpaired) electrons. The molecule has 2 aromatic carbocycles. The Balaban J connectivity index is 1.85. The van der Waals surface area contributed by atoms with Gasteiger partial charge in [0.1, 0.15) is 12.4 Å². The Bertz CT molecular complexity index is 664. The summed E-state index contributed by atoms with van der Waals surface area (Å²) in [4.78, 5) is 12.1. The van der Waals surface area contributed by atoms with Gasteiger partial charge in [0.15, 0.2) is 0 Å². The fraction of sp³-hybridized carbons (Fsp3) is 0.278. The molecule has 5 nitrogen and oxygen atoms in total. The van der Waals surface area contributed by atoms with Crippen LogP contribution in [0.2, 0.25) is 0 Å². The Morgan fingerprint density at radius 2 is 1.96 bits per heavy atom. The average Bonchev–Trinajstić information content (AvgIpc) is 2.58. The summed E-state index contributed by atoms with van der Waals surface area (Å²) >= 11 is 3.38. The third kappa shape index (κ3) is 6.22. The van der Waals surface area contributed by atoms with E-state index in [0.717, 1.165) is 15.8 Å². The topological polar surface area (TPSA) is 59.6 Å². The number of anilines is 2. The van der Waals surface area contributed by atoms with Crippen LogP contribution in [0.4, 0.5) is 11.4 Å². The van der Waals surface area contributed by atoms with E-state index in [2.05, 4.69) is 26.6 Å². The molecule has 0 aliphatic rings. The van der Waals surface area contributed by atoms with Crippen molar-refractivity contribution in [2.24, 2.45) is 0 Å². The zero-order chi connectivity index (χ0) is 17.2. The highest BCUT2D eigenvalue weighted by atomic mass is 79.9. The highest BCUT2D eigenvalue weighted by molar-refractivity contribution is 9.10. The van der Waals surface area contributed by atoms with Crippen molar-refractivity contribution >= 4 is 33.2 Å². The fourth-order valence-corrected chi connectivity index (χ4v) is 2.44. The van der Waals surface area contributed by atoms with E-state index in [1.54, 1.807) is 0 Å². The Morgan fingerprint density at radius 1 is 1.12 bits per heavy atom. The third-order valence-electron chi connectivity index (χ3n) is 3.12. The van der Waals surface area contributed by atoms with Gasteiger partial charge in [-0.2, -0.15) is 0 Å². The molecule has 0 aliphatic heterocycles. The van der Waals surface area contributed by atoms with Crippen LogP contribution in [-0.4, -0.2) is 32.3 Å². The molecule has 2 N–H and O–H groups in total. The lowest BCUT2D eigenvalue weighted by Gasteiger charge is -2.13. The van der Waals surface area contributed by atoms with Gasteiger partial charge in [-0.05, 0) is 37.3 Å². The summed E-state index contributed by atoms with van der Waals surface area (Å²) in [5, 5.41) is 5.94. The highest BCUT2D eigenvalue weighted by Crippen LogP contribution is 2.23. The number of hydrogen-bond donors (Lipinski definition) is 2. The van der Waals surface area contributed by atoms with Gasteiger partial charge in [-0.25, -0.2) is 0 Å². The standard InChI is InChI=1S/C18H21BrN2O3/c1-2-23-10-11-24-17-9-4-3-8-16(17)20-13-18(22)21-15-7-5-6-14(19)12-15/h3-9,12,20H,2,10-11,13H2,1H3,(H,21,22). The molecule has 0 fully saturated rings. The van der Waals surface area contributed by atoms with Crippen molar-refractivity contribution in [1.29, 1.82) is 0 Å². The largest absolute Gasteiger partial charge is 0.489 e. The molecule has 1 amide bonds. The molecule has 0 atom stereocenters. The summed E-state index contributed by atoms with van der Waals surface area (Å²) in [6.45, 7) is 3.77. The van der Waals surface area contributed by atoms with E-state index >= 15 is 0 Å². The van der Waals surface area contributed by atoms with E-state index < -0.39 is 0 Å². The molecule has 0 aromatic heterocycles. The Kier molecular flexibility index (Phi) is 7.58. The molecule has 128 valence electrons. The van der Waals surface area contributed by atoms with Crippen LogP contribution in [0.3, 0.4) is 0 Å². The number of benzene rings is 2. The molecule has 2 rings (SSSR count). The summed E-state index contributed by atoms with van der Waals surface area (Å²) in [7, 11) is 0. The maximum atomic E-state index is 12.1. The van der Waals surface area contributed by atoms with Crippen molar-refractivity contribution in [1.82, 2.24) is 0 Å². The second kappa shape index (κ2) is 9.95. The SMILES string of the molecule is CCOCCOc1ccccc1NCC(=O)Nc1cccc(Br)c1. The first kappa shape index (κ1) is 18.3. The smallest absolute Gasteiger partial charge is 0.243 e. The fourth-order valence-electron chi connectivity index (χ4n) is 2.04. The Labute approximate surface area is 150 Å². The van der Waals surface area contributed by atoms with Crippen molar-refractivity contribution < 1.29 is 14.3 Å². The molecule has 0 unspecified atom stereocenters. The van der Waals surface area contributed by atoms with Gasteiger partial charge in [-0.15, -0.1) is 0 Å². The lowest BCUT2D eigenvalue weighted by Crippen LogP contribution is -2.22. The van der Waals surface area contributed by atoms with Crippen molar-refractivity contribution in [3.05, 3.63) is 53.0 Å². The zero-order valence-corrected chi connectivity index (χ0v) is 15.1. The van der Waals surface area contributed by atoms with Crippen LogP contribution in [0.25, 0.3) is 0 Å². The van der Waals surface area contributed by atoms with Crippen LogP contribution in [0.5, 0.6) is 5.75 Å². The highest BCUT2D eigenvalue weighted by Gasteiger charge is 2.06. The van der Waals surface area contributed by atoms with E-state index in [1.807, 2.05) is 55.5 Å². The molecule has 6 heteroatoms. The molecule has 0 saturated carbocycles. The number of para-hydroxylation sites is 2. The molecule has 2 aromatic rings. The van der Waals surface area contributed by atoms with Crippen LogP contribution in [-0.2, 0) is 9.53 Å². The van der Waals surface area contributed by atoms with Crippen molar-refractivity contribution in [2.45, 2.75) is 6.92 Å². The number of nitrogens with one attached hydrogen (secondary N) is 2. The van der Waals surface area contributed by atoms with Crippen LogP contribution in [0.15, 0.2) is 53.0 Å². The first-order chi connectivity index (χ1) is 11.7. The minimum absolute atomic E-state index is 0.128. The number of carbonyl (C=O) groups is 1. The van der Waals surface area contributed by atoms with E-state index in [9.17, 15) is 4.79 Å². The number of carbonyl (C=O) groups excluding carboxylic acids is 1. The van der Waals surface area contributed by atoms with Crippen LogP contribution in [0, 0.1) is 0 Å². The van der Waals surface area contributed by atoms with Crippen molar-refractivity contribution in [3.63, 3.8) is 0 Å². The zero-order valence-electron chi connectivity index (χ0n) is 13.5. The second-order valence-corrected chi connectivity index (χ2v) is 5.87. The predicted molar refractivity (Wildman–Crippen MR) is 99.7 cm³/mol. The lowest BCUT2D eigenvalue weighted by molar-refractivity contribution is -0.114. The first-order valence-electron chi connectivity index (χ1n) is 7.78. The number of ether oxygens (including phenoxy) is 2. The second-order valence-electron chi connectivity index (χ2n) is 4.95. The van der Waals surface area contributed by atoms with Gasteiger partial charge >= 0.3 is 0 Å². The molecule has 0 heterocycles. The molecular formula is C18H21BrN2O3. The maximum absolute atomic E-state index is 12.1. The normalized spacial score (nSPS) is 10.2. The quantitative estimate of drug-likeness (QED) is 0.635. The van der Waals surface area contributed by atoms with Crippen molar-refractivity contribution in [3.8, 4) is 5.75 Å². The van der Waals surface area contributed by atoms with Crippen LogP contribution in [0.1, 0.15) is 6.92 Å². The minimum atomic E-state index is -0.128. The van der Waals surface area contributed by atoms with Crippen LogP contribution >= 0.6 is 15.9 Å². The summed E-state index contributed by atoms with van der Waals surface area (Å²) in [6.07, 6.45) is 0. The predicted octanol–water partition coefficient (Wildman–Crippen LogP) is 3.92. The molecular weight excluding hydrogens is 372 g/mol. The first-order valence-corrected chi connectivity index (χ1v) is 8.57. The molecule has 24 heavy (non-hydrogen) atoms. The van der Waals surface area contributed by atoms with E-state index in [0.29, 0.717) is 25.6 Å². The maximum Gasteiger partial charge on any atom is 0.243 e. The molecule has 0 bridgehead atoms. The minimum Gasteiger partial charge on any atom is -0.489 e. The number of halogens is 1. The molecule has 0 saturated heterocycles. The molecule has 0 spiro atoms. The van der Waals surface area contributed by atoms with Gasteiger partial charge in [0.05, 0.1) is 18.8 Å². The Morgan fingerprint density at radius 3 is 2.75 bits per heavy atom. The number of amides is 1. The summed E-state index contributed by atoms with van der Waals surface area (Å²) < 4.78 is 11.9. The summed E-state index contributed by atoms with van der Waals surface area (Å²) in [5.74, 6) is 0.574. The van der Waals surface area contributed by atoms with Gasteiger partial charge in [0, 0.05) is 16.8 Å². The lowest BCUT2D eigenvalue weighted by atomic mass is 10.3. The Hall–Kier alpha value is -2.05. The average molecular weight is 393 g/mol. The van der Waals surface area contributed by atoms with Crippen molar-refractivity contribution in [2.75, 3.05) is 37.0 Å². The van der Waals surface area contributed by atoms with Gasteiger partial charge in [-0.1, -0.05) is 34.1 Å². The monoisotopic (exact) mass is 392 g/mol. The summed E-state index contributed by atoms with van der Waals surface area (Å²) in [6, 6.07) is 15.0. The summed E-state index contributed by atoms with van der Waals surface area (Å²) in [5.41, 5.74) is 1.52. The number of hydrogen-bond acceptors (Lipinski definition) is 4. The van der Waals surface area contributed by atoms with Crippen LogP contribution < -0.4 is 15.4 Å². The molecule has 0 aliphatic carbocycles. The van der Waals surface area contributed by atoms with Gasteiger partial charge in [-0.3, -0.25) is 4.79 Å². The van der Waals surface area contributed by atoms with E-state index in [-0.39, 0.29) is 12.5 Å². The van der Waals surface area contributed by atoms with Gasteiger partial charge in [0.2, 0.25) is 5.91 Å². The van der Waals surface area contributed by atoms with Gasteiger partial charge < -0.3 is 20.1 Å². The van der Waals surface area contributed by atoms with Gasteiger partial charge in [0.25, 0.3) is 0 Å².